The Hall–Kier alpha value is -2.89. The summed E-state index contributed by atoms with van der Waals surface area (Å²) in [4.78, 5) is 12.7. The Kier molecular flexibility index (Phi) is 4.93. The zero-order valence-corrected chi connectivity index (χ0v) is 15.9. The Labute approximate surface area is 153 Å². The fraction of sp³-hybridized carbons (Fsp3) is 0.350. The zero-order valence-electron chi connectivity index (χ0n) is 15.9. The molecule has 0 aliphatic carbocycles. The quantitative estimate of drug-likeness (QED) is 0.764. The number of nitrogens with one attached hydrogen (secondary N) is 1. The van der Waals surface area contributed by atoms with Crippen molar-refractivity contribution >= 4 is 11.6 Å². The maximum absolute atomic E-state index is 12.7. The maximum Gasteiger partial charge on any atom is 0.249 e. The molecule has 0 spiro atoms. The van der Waals surface area contributed by atoms with E-state index in [0.717, 1.165) is 22.8 Å². The number of hydrogen-bond acceptors (Lipinski definition) is 3. The van der Waals surface area contributed by atoms with Crippen molar-refractivity contribution in [1.82, 2.24) is 19.6 Å². The lowest BCUT2D eigenvalue weighted by Gasteiger charge is -2.15. The first-order chi connectivity index (χ1) is 12.4. The number of aryl methyl sites for hydroxylation is 3. The number of anilines is 1. The predicted octanol–water partition coefficient (Wildman–Crippen LogP) is 3.56. The van der Waals surface area contributed by atoms with Crippen molar-refractivity contribution in [3.05, 3.63) is 64.7 Å². The van der Waals surface area contributed by atoms with Crippen LogP contribution in [0.3, 0.4) is 0 Å². The van der Waals surface area contributed by atoms with Gasteiger partial charge >= 0.3 is 0 Å². The van der Waals surface area contributed by atoms with Crippen molar-refractivity contribution in [2.45, 2.75) is 47.2 Å². The van der Waals surface area contributed by atoms with Crippen LogP contribution in [-0.2, 0) is 11.3 Å². The number of carbonyl (C=O) groups is 1. The standard InChI is InChI=1S/C20H25N5O/c1-13-8-6-7-9-18(13)12-24-16(4)19(15(3)23-24)22-20(26)17(5)25-14(2)10-11-21-25/h6-11,17H,12H2,1-5H3,(H,22,26). The molecule has 0 aliphatic rings. The molecule has 0 fully saturated rings. The number of benzene rings is 1. The molecule has 1 atom stereocenters. The molecule has 26 heavy (non-hydrogen) atoms. The van der Waals surface area contributed by atoms with Gasteiger partial charge in [0.25, 0.3) is 0 Å². The van der Waals surface area contributed by atoms with Gasteiger partial charge in [-0.2, -0.15) is 10.2 Å². The van der Waals surface area contributed by atoms with Gasteiger partial charge in [-0.05, 0) is 51.8 Å². The van der Waals surface area contributed by atoms with Gasteiger partial charge in [-0.25, -0.2) is 0 Å². The molecule has 0 aliphatic heterocycles. The highest BCUT2D eigenvalue weighted by molar-refractivity contribution is 5.94. The highest BCUT2D eigenvalue weighted by Crippen LogP contribution is 2.22. The van der Waals surface area contributed by atoms with Crippen molar-refractivity contribution in [2.75, 3.05) is 5.32 Å². The van der Waals surface area contributed by atoms with Crippen molar-refractivity contribution < 1.29 is 4.79 Å². The van der Waals surface area contributed by atoms with Crippen molar-refractivity contribution in [1.29, 1.82) is 0 Å². The Morgan fingerprint density at radius 3 is 2.54 bits per heavy atom. The summed E-state index contributed by atoms with van der Waals surface area (Å²) < 4.78 is 3.66. The fourth-order valence-corrected chi connectivity index (χ4v) is 3.11. The lowest BCUT2D eigenvalue weighted by molar-refractivity contribution is -0.119. The van der Waals surface area contributed by atoms with Crippen molar-refractivity contribution in [2.24, 2.45) is 0 Å². The van der Waals surface area contributed by atoms with Gasteiger partial charge in [0.05, 0.1) is 23.6 Å². The molecule has 6 nitrogen and oxygen atoms in total. The third-order valence-corrected chi connectivity index (χ3v) is 4.83. The molecule has 1 amide bonds. The Morgan fingerprint density at radius 1 is 1.15 bits per heavy atom. The number of nitrogens with zero attached hydrogens (tertiary/aromatic N) is 4. The van der Waals surface area contributed by atoms with E-state index in [0.29, 0.717) is 6.54 Å². The van der Waals surface area contributed by atoms with Gasteiger partial charge in [-0.1, -0.05) is 24.3 Å². The molecule has 0 saturated carbocycles. The van der Waals surface area contributed by atoms with Gasteiger partial charge in [0, 0.05) is 11.9 Å². The summed E-state index contributed by atoms with van der Waals surface area (Å²) >= 11 is 0. The molecule has 1 aromatic carbocycles. The minimum Gasteiger partial charge on any atom is -0.321 e. The molecular formula is C20H25N5O. The predicted molar refractivity (Wildman–Crippen MR) is 102 cm³/mol. The highest BCUT2D eigenvalue weighted by atomic mass is 16.2. The van der Waals surface area contributed by atoms with Crippen LogP contribution in [0.25, 0.3) is 0 Å². The topological polar surface area (TPSA) is 64.7 Å². The summed E-state index contributed by atoms with van der Waals surface area (Å²) in [5.74, 6) is -0.0987. The number of hydrogen-bond donors (Lipinski definition) is 1. The van der Waals surface area contributed by atoms with Crippen molar-refractivity contribution in [3.63, 3.8) is 0 Å². The molecule has 0 radical (unpaired) electrons. The molecule has 0 bridgehead atoms. The van der Waals surface area contributed by atoms with E-state index in [1.807, 2.05) is 50.6 Å². The van der Waals surface area contributed by atoms with E-state index >= 15 is 0 Å². The molecule has 2 heterocycles. The molecule has 1 N–H and O–H groups in total. The largest absolute Gasteiger partial charge is 0.321 e. The van der Waals surface area contributed by atoms with E-state index in [4.69, 9.17) is 0 Å². The highest BCUT2D eigenvalue weighted by Gasteiger charge is 2.21. The first-order valence-corrected chi connectivity index (χ1v) is 8.78. The van der Waals surface area contributed by atoms with Crippen LogP contribution in [0.5, 0.6) is 0 Å². The van der Waals surface area contributed by atoms with Crippen LogP contribution in [0, 0.1) is 27.7 Å². The molecule has 0 saturated heterocycles. The number of amides is 1. The van der Waals surface area contributed by atoms with Gasteiger partial charge in [-0.3, -0.25) is 14.2 Å². The van der Waals surface area contributed by atoms with Crippen LogP contribution in [0.1, 0.15) is 41.2 Å². The van der Waals surface area contributed by atoms with Gasteiger partial charge in [0.1, 0.15) is 6.04 Å². The van der Waals surface area contributed by atoms with Crippen molar-refractivity contribution in [3.8, 4) is 0 Å². The summed E-state index contributed by atoms with van der Waals surface area (Å²) in [5, 5.41) is 11.9. The van der Waals surface area contributed by atoms with Crippen LogP contribution >= 0.6 is 0 Å². The SMILES string of the molecule is Cc1ccccc1Cn1nc(C)c(NC(=O)C(C)n2nccc2C)c1C. The average molecular weight is 351 g/mol. The number of aromatic nitrogens is 4. The number of rotatable bonds is 5. The third-order valence-electron chi connectivity index (χ3n) is 4.83. The summed E-state index contributed by atoms with van der Waals surface area (Å²) in [6, 6.07) is 9.77. The normalized spacial score (nSPS) is 12.2. The molecule has 6 heteroatoms. The van der Waals surface area contributed by atoms with E-state index in [2.05, 4.69) is 34.6 Å². The summed E-state index contributed by atoms with van der Waals surface area (Å²) in [6.45, 7) is 10.5. The molecule has 1 unspecified atom stereocenters. The minimum atomic E-state index is -0.386. The smallest absolute Gasteiger partial charge is 0.249 e. The maximum atomic E-state index is 12.7. The Balaban J connectivity index is 1.81. The monoisotopic (exact) mass is 351 g/mol. The average Bonchev–Trinajstić information content (AvgIpc) is 3.15. The lowest BCUT2D eigenvalue weighted by Crippen LogP contribution is -2.25. The van der Waals surface area contributed by atoms with Crippen LogP contribution in [0.2, 0.25) is 0 Å². The molecule has 3 aromatic rings. The first kappa shape index (κ1) is 17.9. The second kappa shape index (κ2) is 7.15. The van der Waals surface area contributed by atoms with E-state index in [-0.39, 0.29) is 11.9 Å². The lowest BCUT2D eigenvalue weighted by atomic mass is 10.1. The minimum absolute atomic E-state index is 0.0987. The molecular weight excluding hydrogens is 326 g/mol. The Morgan fingerprint density at radius 2 is 1.88 bits per heavy atom. The van der Waals surface area contributed by atoms with E-state index < -0.39 is 0 Å². The third kappa shape index (κ3) is 3.40. The van der Waals surface area contributed by atoms with Gasteiger partial charge in [-0.15, -0.1) is 0 Å². The zero-order chi connectivity index (χ0) is 18.8. The first-order valence-electron chi connectivity index (χ1n) is 8.78. The fourth-order valence-electron chi connectivity index (χ4n) is 3.11. The second-order valence-electron chi connectivity index (χ2n) is 6.71. The van der Waals surface area contributed by atoms with Crippen LogP contribution in [-0.4, -0.2) is 25.5 Å². The van der Waals surface area contributed by atoms with E-state index in [9.17, 15) is 4.79 Å². The molecule has 136 valence electrons. The van der Waals surface area contributed by atoms with Crippen LogP contribution in [0.4, 0.5) is 5.69 Å². The molecule has 2 aromatic heterocycles. The van der Waals surface area contributed by atoms with Gasteiger partial charge in [0.15, 0.2) is 0 Å². The van der Waals surface area contributed by atoms with Crippen LogP contribution < -0.4 is 5.32 Å². The number of carbonyl (C=O) groups excluding carboxylic acids is 1. The van der Waals surface area contributed by atoms with E-state index in [1.165, 1.54) is 11.1 Å². The summed E-state index contributed by atoms with van der Waals surface area (Å²) in [5.41, 5.74) is 5.94. The summed E-state index contributed by atoms with van der Waals surface area (Å²) in [7, 11) is 0. The van der Waals surface area contributed by atoms with Gasteiger partial charge in [0.2, 0.25) is 5.91 Å². The van der Waals surface area contributed by atoms with Crippen LogP contribution in [0.15, 0.2) is 36.5 Å². The molecule has 3 rings (SSSR count). The van der Waals surface area contributed by atoms with E-state index in [1.54, 1.807) is 10.9 Å². The Bertz CT molecular complexity index is 938. The van der Waals surface area contributed by atoms with Gasteiger partial charge < -0.3 is 5.32 Å². The summed E-state index contributed by atoms with van der Waals surface area (Å²) in [6.07, 6.45) is 1.70. The second-order valence-corrected chi connectivity index (χ2v) is 6.71.